The molecular formula is C80H62N4. The number of anilines is 6. The zero-order valence-corrected chi connectivity index (χ0v) is 45.7. The summed E-state index contributed by atoms with van der Waals surface area (Å²) >= 11 is 0. The van der Waals surface area contributed by atoms with Crippen LogP contribution in [0.2, 0.25) is 0 Å². The number of rotatable bonds is 10. The van der Waals surface area contributed by atoms with Gasteiger partial charge in [0.05, 0.1) is 80.5 Å². The lowest BCUT2D eigenvalue weighted by Gasteiger charge is -2.29. The second-order valence-electron chi connectivity index (χ2n) is 24.4. The Morgan fingerprint density at radius 1 is 0.357 bits per heavy atom. The number of hydrogen-bond donors (Lipinski definition) is 0. The van der Waals surface area contributed by atoms with E-state index in [9.17, 15) is 19.2 Å². The summed E-state index contributed by atoms with van der Waals surface area (Å²) in [7, 11) is 0. The van der Waals surface area contributed by atoms with Crippen molar-refractivity contribution < 1.29 is 24.7 Å². The maximum atomic E-state index is 9.96. The molecule has 11 aromatic carbocycles. The third-order valence-electron chi connectivity index (χ3n) is 20.5. The standard InChI is InChI=1S/C80H62N4/c1-5-17-53(18-6-1)59-25-13-15-27-67(59)81(57-21-9-3-10-22-57)71-35-31-61-63-47-74-64(48-73(63)83-69-33-29-55(45-65(69)75(71)77(61)83)79-41-37-51(49-79)38-42-79)62-32-36-72(76-66-46-56(30-34-70(66)84(74)78(62)76)80-43-39-52(50-80)40-44-80)82(58-23-11-4-12-24-58)68-28-16-14-26-60(68)54-19-7-2-8-20-54/h1-36,45-48,51-52H,37-44,49-50H2/i3D,4D,9D,10D,11D,12D,13D,14D,15D,16D,21D,22D,23D,24D,25D,26D,27D,28D. The summed E-state index contributed by atoms with van der Waals surface area (Å²) in [5.74, 6) is 1.20. The minimum Gasteiger partial charge on any atom is -0.309 e. The van der Waals surface area contributed by atoms with Gasteiger partial charge in [0.2, 0.25) is 0 Å². The Hall–Kier alpha value is -9.38. The molecule has 402 valence electrons. The van der Waals surface area contributed by atoms with Crippen LogP contribution in [0, 0.1) is 11.8 Å². The number of para-hydroxylation sites is 4. The van der Waals surface area contributed by atoms with Gasteiger partial charge in [0.15, 0.2) is 0 Å². The molecule has 4 aliphatic carbocycles. The van der Waals surface area contributed by atoms with Gasteiger partial charge in [-0.25, -0.2) is 0 Å². The zero-order valence-electron chi connectivity index (χ0n) is 63.7. The first-order chi connectivity index (χ1) is 49.0. The molecule has 15 aromatic rings. The SMILES string of the molecule is [2H]c1c([2H])c([2H])c(N(c2c([2H])c([2H])c([2H])c([2H])c2-c2ccccc2)c2ccc3c4cc5c(cc4n4c6ccc(C78CCC(CC7)C8)cc6c2c34)c2ccc(N(c3c([2H])c([2H])c([2H])c([2H])c3[2H])c3c([2H])c([2H])c([2H])c([2H])c3-c3ccccc3)c3c4cc(C67CCC(CC6)C7)ccc4n5c23)c([2H])c1[2H]. The number of nitrogens with zero attached hydrogens (tertiary/aromatic N) is 4. The lowest BCUT2D eigenvalue weighted by atomic mass is 9.77. The van der Waals surface area contributed by atoms with Crippen LogP contribution in [0.3, 0.4) is 0 Å². The average molecular weight is 1100 g/mol. The van der Waals surface area contributed by atoms with Gasteiger partial charge in [0, 0.05) is 65.6 Å². The summed E-state index contributed by atoms with van der Waals surface area (Å²) in [5.41, 5.74) is 7.66. The van der Waals surface area contributed by atoms with Crippen LogP contribution < -0.4 is 9.80 Å². The molecule has 0 radical (unpaired) electrons. The van der Waals surface area contributed by atoms with Crippen LogP contribution in [0.25, 0.3) is 98.4 Å². The number of fused-ring (bicyclic) bond motifs is 16. The Morgan fingerprint density at radius 2 is 0.762 bits per heavy atom. The molecule has 84 heavy (non-hydrogen) atoms. The molecule has 0 amide bonds. The van der Waals surface area contributed by atoms with Gasteiger partial charge in [0.1, 0.15) is 0 Å². The number of hydrogen-bond acceptors (Lipinski definition) is 2. The average Bonchev–Trinajstić information content (AvgIpc) is 1.50. The number of aromatic nitrogens is 2. The Bertz CT molecular complexity index is 5790. The summed E-state index contributed by atoms with van der Waals surface area (Å²) in [5, 5.41) is 6.12. The smallest absolute Gasteiger partial charge is 0.0645 e. The first-order valence-electron chi connectivity index (χ1n) is 38.5. The molecule has 0 N–H and O–H groups in total. The molecule has 0 atom stereocenters. The van der Waals surface area contributed by atoms with Gasteiger partial charge in [-0.3, -0.25) is 0 Å². The van der Waals surface area contributed by atoms with E-state index in [0.717, 1.165) is 141 Å². The second kappa shape index (κ2) is 17.6. The molecule has 4 aliphatic rings. The molecule has 4 aromatic heterocycles. The van der Waals surface area contributed by atoms with Crippen molar-refractivity contribution in [3.63, 3.8) is 0 Å². The third-order valence-corrected chi connectivity index (χ3v) is 20.5. The first kappa shape index (κ1) is 33.1. The molecule has 4 fully saturated rings. The van der Waals surface area contributed by atoms with Crippen molar-refractivity contribution in [2.75, 3.05) is 9.80 Å². The predicted molar refractivity (Wildman–Crippen MR) is 353 cm³/mol. The lowest BCUT2D eigenvalue weighted by molar-refractivity contribution is 0.419. The van der Waals surface area contributed by atoms with Crippen molar-refractivity contribution in [2.45, 2.75) is 75.0 Å². The monoisotopic (exact) mass is 1100 g/mol. The van der Waals surface area contributed by atoms with E-state index in [0.29, 0.717) is 45.1 Å². The normalized spacial score (nSPS) is 23.2. The van der Waals surface area contributed by atoms with Crippen molar-refractivity contribution in [1.82, 2.24) is 8.80 Å². The molecule has 4 saturated carbocycles. The zero-order chi connectivity index (χ0) is 70.5. The fourth-order valence-corrected chi connectivity index (χ4v) is 16.8. The van der Waals surface area contributed by atoms with E-state index in [2.05, 4.69) is 57.3 Å². The number of benzene rings is 11. The molecular weight excluding hydrogens is 1020 g/mol. The van der Waals surface area contributed by atoms with Gasteiger partial charge in [-0.15, -0.1) is 0 Å². The molecule has 0 aliphatic heterocycles. The fourth-order valence-electron chi connectivity index (χ4n) is 16.8. The highest BCUT2D eigenvalue weighted by atomic mass is 15.2. The van der Waals surface area contributed by atoms with E-state index in [1.165, 1.54) is 9.80 Å². The van der Waals surface area contributed by atoms with Gasteiger partial charge in [-0.05, 0) is 194 Å². The highest BCUT2D eigenvalue weighted by molar-refractivity contribution is 6.32. The molecule has 4 nitrogen and oxygen atoms in total. The minimum absolute atomic E-state index is 0.0715. The predicted octanol–water partition coefficient (Wildman–Crippen LogP) is 21.9. The maximum Gasteiger partial charge on any atom is 0.0645 e. The van der Waals surface area contributed by atoms with Crippen LogP contribution in [0.5, 0.6) is 0 Å². The molecule has 4 heteroatoms. The summed E-state index contributed by atoms with van der Waals surface area (Å²) in [6.07, 6.45) is 10.6. The minimum atomic E-state index is -0.622. The third kappa shape index (κ3) is 6.54. The Morgan fingerprint density at radius 3 is 1.17 bits per heavy atom. The van der Waals surface area contributed by atoms with Gasteiger partial charge in [-0.1, -0.05) is 157 Å². The Kier molecular flexibility index (Phi) is 6.92. The molecule has 0 spiro atoms. The largest absolute Gasteiger partial charge is 0.309 e. The second-order valence-corrected chi connectivity index (χ2v) is 24.4. The van der Waals surface area contributed by atoms with Crippen LogP contribution in [-0.4, -0.2) is 8.80 Å². The van der Waals surface area contributed by atoms with Gasteiger partial charge < -0.3 is 18.6 Å². The van der Waals surface area contributed by atoms with E-state index in [1.807, 2.05) is 24.3 Å². The van der Waals surface area contributed by atoms with E-state index in [-0.39, 0.29) is 56.8 Å². The molecule has 0 unspecified atom stereocenters. The van der Waals surface area contributed by atoms with Gasteiger partial charge in [-0.2, -0.15) is 0 Å². The van der Waals surface area contributed by atoms with E-state index in [4.69, 9.17) is 5.48 Å². The van der Waals surface area contributed by atoms with Crippen molar-refractivity contribution >= 4 is 110 Å². The van der Waals surface area contributed by atoms with Crippen LogP contribution in [-0.2, 0) is 10.8 Å². The molecule has 4 heterocycles. The van der Waals surface area contributed by atoms with E-state index in [1.54, 1.807) is 60.7 Å². The highest BCUT2D eigenvalue weighted by Crippen LogP contribution is 2.59. The van der Waals surface area contributed by atoms with Crippen molar-refractivity contribution in [3.05, 3.63) is 253 Å². The molecule has 0 saturated heterocycles. The van der Waals surface area contributed by atoms with E-state index < -0.39 is 96.7 Å². The van der Waals surface area contributed by atoms with Gasteiger partial charge in [0.25, 0.3) is 0 Å². The van der Waals surface area contributed by atoms with Crippen LogP contribution in [0.1, 0.15) is 100 Å². The fraction of sp³-hybridized carbons (Fsp3) is 0.175. The quantitative estimate of drug-likeness (QED) is 0.136. The summed E-state index contributed by atoms with van der Waals surface area (Å²) in [6, 6.07) is 33.0. The van der Waals surface area contributed by atoms with Gasteiger partial charge >= 0.3 is 0 Å². The van der Waals surface area contributed by atoms with Crippen LogP contribution >= 0.6 is 0 Å². The summed E-state index contributed by atoms with van der Waals surface area (Å²) in [4.78, 5) is 2.97. The highest BCUT2D eigenvalue weighted by Gasteiger charge is 2.47. The van der Waals surface area contributed by atoms with E-state index >= 15 is 0 Å². The topological polar surface area (TPSA) is 15.3 Å². The maximum absolute atomic E-state index is 9.96. The van der Waals surface area contributed by atoms with Crippen molar-refractivity contribution in [2.24, 2.45) is 11.8 Å². The first-order valence-corrected chi connectivity index (χ1v) is 29.5. The molecule has 19 rings (SSSR count). The van der Waals surface area contributed by atoms with Crippen molar-refractivity contribution in [1.29, 1.82) is 0 Å². The summed E-state index contributed by atoms with van der Waals surface area (Å²) < 4.78 is 174. The lowest BCUT2D eigenvalue weighted by Crippen LogP contribution is -2.19. The van der Waals surface area contributed by atoms with Crippen LogP contribution in [0.4, 0.5) is 34.1 Å². The Balaban J connectivity index is 0.956. The van der Waals surface area contributed by atoms with Crippen molar-refractivity contribution in [3.8, 4) is 22.3 Å². The van der Waals surface area contributed by atoms with Crippen LogP contribution in [0.15, 0.2) is 242 Å². The summed E-state index contributed by atoms with van der Waals surface area (Å²) in [6.45, 7) is 0. The molecule has 4 bridgehead atoms. The Labute approximate surface area is 514 Å².